The summed E-state index contributed by atoms with van der Waals surface area (Å²) in [6, 6.07) is 9.53. The molecule has 7 heteroatoms. The number of piperazine rings is 1. The summed E-state index contributed by atoms with van der Waals surface area (Å²) in [7, 11) is 0. The van der Waals surface area contributed by atoms with Gasteiger partial charge in [0.1, 0.15) is 12.4 Å². The quantitative estimate of drug-likeness (QED) is 0.749. The van der Waals surface area contributed by atoms with Crippen molar-refractivity contribution < 1.29 is 22.7 Å². The summed E-state index contributed by atoms with van der Waals surface area (Å²) in [5.41, 5.74) is 0.631. The molecule has 1 amide bonds. The molecule has 0 saturated carbocycles. The second-order valence-electron chi connectivity index (χ2n) is 6.47. The SMILES string of the molecule is Cc1ccccc1OCCN1CCN(C(=O)c2ccc(F)c(F)c2F)CC1. The van der Waals surface area contributed by atoms with Crippen molar-refractivity contribution in [2.45, 2.75) is 6.92 Å². The van der Waals surface area contributed by atoms with Crippen LogP contribution in [0.5, 0.6) is 5.75 Å². The van der Waals surface area contributed by atoms with E-state index in [1.165, 1.54) is 4.90 Å². The lowest BCUT2D eigenvalue weighted by atomic mass is 10.1. The Hall–Kier alpha value is -2.54. The second-order valence-corrected chi connectivity index (χ2v) is 6.47. The zero-order valence-electron chi connectivity index (χ0n) is 15.1. The number of ether oxygens (including phenoxy) is 1. The lowest BCUT2D eigenvalue weighted by Crippen LogP contribution is -2.49. The van der Waals surface area contributed by atoms with Gasteiger partial charge in [-0.3, -0.25) is 9.69 Å². The minimum absolute atomic E-state index is 0.391. The summed E-state index contributed by atoms with van der Waals surface area (Å²) in [6.07, 6.45) is 0. The van der Waals surface area contributed by atoms with Gasteiger partial charge in [0.05, 0.1) is 5.56 Å². The normalized spacial score (nSPS) is 15.0. The minimum Gasteiger partial charge on any atom is -0.492 e. The van der Waals surface area contributed by atoms with Crippen LogP contribution in [-0.4, -0.2) is 55.0 Å². The number of para-hydroxylation sites is 1. The summed E-state index contributed by atoms with van der Waals surface area (Å²) in [5, 5.41) is 0. The van der Waals surface area contributed by atoms with Crippen molar-refractivity contribution in [3.05, 3.63) is 65.0 Å². The number of carbonyl (C=O) groups is 1. The van der Waals surface area contributed by atoms with Gasteiger partial charge >= 0.3 is 0 Å². The van der Waals surface area contributed by atoms with Gasteiger partial charge in [-0.25, -0.2) is 13.2 Å². The monoisotopic (exact) mass is 378 g/mol. The van der Waals surface area contributed by atoms with Crippen LogP contribution < -0.4 is 4.74 Å². The Labute approximate surface area is 156 Å². The molecular weight excluding hydrogens is 357 g/mol. The number of rotatable bonds is 5. The highest BCUT2D eigenvalue weighted by Gasteiger charge is 2.26. The standard InChI is InChI=1S/C20H21F3N2O2/c1-14-4-2-3-5-17(14)27-13-12-24-8-10-25(11-9-24)20(26)15-6-7-16(21)19(23)18(15)22/h2-7H,8-13H2,1H3. The van der Waals surface area contributed by atoms with Gasteiger partial charge in [0, 0.05) is 32.7 Å². The lowest BCUT2D eigenvalue weighted by molar-refractivity contribution is 0.0614. The van der Waals surface area contributed by atoms with Gasteiger partial charge in [-0.15, -0.1) is 0 Å². The van der Waals surface area contributed by atoms with Crippen molar-refractivity contribution >= 4 is 5.91 Å². The molecule has 27 heavy (non-hydrogen) atoms. The van der Waals surface area contributed by atoms with Crippen LogP contribution in [0.4, 0.5) is 13.2 Å². The molecule has 1 fully saturated rings. The van der Waals surface area contributed by atoms with Gasteiger partial charge < -0.3 is 9.64 Å². The van der Waals surface area contributed by atoms with Gasteiger partial charge in [-0.2, -0.15) is 0 Å². The highest BCUT2D eigenvalue weighted by molar-refractivity contribution is 5.94. The smallest absolute Gasteiger partial charge is 0.257 e. The van der Waals surface area contributed by atoms with E-state index in [1.807, 2.05) is 31.2 Å². The Kier molecular flexibility index (Phi) is 6.01. The fourth-order valence-electron chi connectivity index (χ4n) is 3.04. The van der Waals surface area contributed by atoms with Crippen LogP contribution in [-0.2, 0) is 0 Å². The van der Waals surface area contributed by atoms with Crippen LogP contribution in [0.1, 0.15) is 15.9 Å². The van der Waals surface area contributed by atoms with Crippen molar-refractivity contribution in [3.8, 4) is 5.75 Å². The average Bonchev–Trinajstić information content (AvgIpc) is 2.68. The van der Waals surface area contributed by atoms with Crippen molar-refractivity contribution in [1.29, 1.82) is 0 Å². The Morgan fingerprint density at radius 2 is 1.70 bits per heavy atom. The van der Waals surface area contributed by atoms with E-state index in [4.69, 9.17) is 4.74 Å². The fraction of sp³-hybridized carbons (Fsp3) is 0.350. The van der Waals surface area contributed by atoms with Crippen LogP contribution in [0.15, 0.2) is 36.4 Å². The van der Waals surface area contributed by atoms with Crippen molar-refractivity contribution in [1.82, 2.24) is 9.80 Å². The Morgan fingerprint density at radius 3 is 2.41 bits per heavy atom. The van der Waals surface area contributed by atoms with E-state index < -0.39 is 28.9 Å². The number of amides is 1. The van der Waals surface area contributed by atoms with Crippen LogP contribution in [0, 0.1) is 24.4 Å². The number of hydrogen-bond donors (Lipinski definition) is 0. The molecule has 1 saturated heterocycles. The van der Waals surface area contributed by atoms with Crippen molar-refractivity contribution in [2.75, 3.05) is 39.3 Å². The third-order valence-electron chi connectivity index (χ3n) is 4.68. The number of hydrogen-bond acceptors (Lipinski definition) is 3. The average molecular weight is 378 g/mol. The second kappa shape index (κ2) is 8.43. The predicted octanol–water partition coefficient (Wildman–Crippen LogP) is 3.25. The van der Waals surface area contributed by atoms with E-state index in [0.717, 1.165) is 23.4 Å². The first kappa shape index (κ1) is 19.2. The molecule has 2 aromatic carbocycles. The van der Waals surface area contributed by atoms with Crippen LogP contribution >= 0.6 is 0 Å². The van der Waals surface area contributed by atoms with E-state index >= 15 is 0 Å². The largest absolute Gasteiger partial charge is 0.492 e. The number of aryl methyl sites for hydroxylation is 1. The summed E-state index contributed by atoms with van der Waals surface area (Å²) in [4.78, 5) is 16.0. The molecule has 4 nitrogen and oxygen atoms in total. The molecule has 1 aliphatic rings. The molecule has 144 valence electrons. The highest BCUT2D eigenvalue weighted by Crippen LogP contribution is 2.18. The van der Waals surface area contributed by atoms with E-state index in [2.05, 4.69) is 4.90 Å². The van der Waals surface area contributed by atoms with Gasteiger partial charge in [0.25, 0.3) is 5.91 Å². The van der Waals surface area contributed by atoms with E-state index in [0.29, 0.717) is 39.3 Å². The molecule has 0 aliphatic carbocycles. The maximum Gasteiger partial charge on any atom is 0.257 e. The van der Waals surface area contributed by atoms with E-state index in [1.54, 1.807) is 0 Å². The van der Waals surface area contributed by atoms with Crippen molar-refractivity contribution in [3.63, 3.8) is 0 Å². The molecule has 0 radical (unpaired) electrons. The van der Waals surface area contributed by atoms with E-state index in [-0.39, 0.29) is 0 Å². The van der Waals surface area contributed by atoms with Crippen molar-refractivity contribution in [2.24, 2.45) is 0 Å². The molecule has 0 spiro atoms. The van der Waals surface area contributed by atoms with Crippen LogP contribution in [0.3, 0.4) is 0 Å². The molecule has 1 aliphatic heterocycles. The molecular formula is C20H21F3N2O2. The molecule has 0 N–H and O–H groups in total. The molecule has 0 unspecified atom stereocenters. The zero-order valence-corrected chi connectivity index (χ0v) is 15.1. The summed E-state index contributed by atoms with van der Waals surface area (Å²) in [5.74, 6) is -4.13. The van der Waals surface area contributed by atoms with Crippen LogP contribution in [0.25, 0.3) is 0 Å². The third-order valence-corrected chi connectivity index (χ3v) is 4.68. The number of halogens is 3. The third kappa shape index (κ3) is 4.42. The first-order chi connectivity index (χ1) is 13.0. The van der Waals surface area contributed by atoms with Gasteiger partial charge in [-0.05, 0) is 30.7 Å². The Balaban J connectivity index is 1.49. The fourth-order valence-corrected chi connectivity index (χ4v) is 3.04. The maximum atomic E-state index is 13.8. The first-order valence-electron chi connectivity index (χ1n) is 8.81. The van der Waals surface area contributed by atoms with Crippen LogP contribution in [0.2, 0.25) is 0 Å². The molecule has 3 rings (SSSR count). The first-order valence-corrected chi connectivity index (χ1v) is 8.81. The highest BCUT2D eigenvalue weighted by atomic mass is 19.2. The predicted molar refractivity (Wildman–Crippen MR) is 95.3 cm³/mol. The Morgan fingerprint density at radius 1 is 1.00 bits per heavy atom. The maximum absolute atomic E-state index is 13.8. The van der Waals surface area contributed by atoms with Gasteiger partial charge in [0.2, 0.25) is 0 Å². The molecule has 2 aromatic rings. The lowest BCUT2D eigenvalue weighted by Gasteiger charge is -2.34. The summed E-state index contributed by atoms with van der Waals surface area (Å²) >= 11 is 0. The Bertz CT molecular complexity index is 821. The van der Waals surface area contributed by atoms with Gasteiger partial charge in [0.15, 0.2) is 17.5 Å². The van der Waals surface area contributed by atoms with Gasteiger partial charge in [-0.1, -0.05) is 18.2 Å². The number of benzene rings is 2. The molecule has 1 heterocycles. The number of nitrogens with zero attached hydrogens (tertiary/aromatic N) is 2. The van der Waals surface area contributed by atoms with E-state index in [9.17, 15) is 18.0 Å². The summed E-state index contributed by atoms with van der Waals surface area (Å²) < 4.78 is 46.0. The topological polar surface area (TPSA) is 32.8 Å². The zero-order chi connectivity index (χ0) is 19.4. The summed E-state index contributed by atoms with van der Waals surface area (Å²) in [6.45, 7) is 5.20. The molecule has 0 aromatic heterocycles. The minimum atomic E-state index is -1.62. The molecule has 0 atom stereocenters. The number of carbonyl (C=O) groups excluding carboxylic acids is 1. The molecule has 0 bridgehead atoms.